The second kappa shape index (κ2) is 5.70. The van der Waals surface area contributed by atoms with E-state index < -0.39 is 0 Å². The smallest absolute Gasteiger partial charge is 0.172 e. The van der Waals surface area contributed by atoms with E-state index in [0.29, 0.717) is 22.4 Å². The minimum Gasteiger partial charge on any atom is -0.368 e. The molecule has 1 aromatic heterocycles. The molecule has 0 amide bonds. The van der Waals surface area contributed by atoms with Crippen LogP contribution >= 0.6 is 15.9 Å². The molecule has 0 saturated heterocycles. The van der Waals surface area contributed by atoms with Gasteiger partial charge in [-0.05, 0) is 22.4 Å². The molecule has 0 fully saturated rings. The molecule has 0 aliphatic rings. The third-order valence-electron chi connectivity index (χ3n) is 1.70. The first-order valence-electron chi connectivity index (χ1n) is 4.49. The minimum atomic E-state index is 0.343. The fraction of sp³-hybridized carbons (Fsp3) is 0.444. The SMILES string of the molecule is CCCCNc1ncc(Br)nc1C=O. The van der Waals surface area contributed by atoms with Crippen LogP contribution in [0.1, 0.15) is 30.3 Å². The van der Waals surface area contributed by atoms with Gasteiger partial charge in [-0.1, -0.05) is 13.3 Å². The molecule has 0 unspecified atom stereocenters. The lowest BCUT2D eigenvalue weighted by molar-refractivity contribution is 0.111. The Labute approximate surface area is 91.3 Å². The molecule has 0 saturated carbocycles. The summed E-state index contributed by atoms with van der Waals surface area (Å²) in [5.41, 5.74) is 0.343. The average molecular weight is 258 g/mol. The zero-order valence-corrected chi connectivity index (χ0v) is 9.54. The molecule has 0 atom stereocenters. The lowest BCUT2D eigenvalue weighted by atomic mass is 10.3. The van der Waals surface area contributed by atoms with Crippen molar-refractivity contribution in [1.29, 1.82) is 0 Å². The first kappa shape index (κ1) is 11.1. The molecule has 5 heteroatoms. The van der Waals surface area contributed by atoms with E-state index in [9.17, 15) is 4.79 Å². The molecule has 0 bridgehead atoms. The third kappa shape index (κ3) is 3.06. The molecule has 1 heterocycles. The Balaban J connectivity index is 2.70. The van der Waals surface area contributed by atoms with Gasteiger partial charge in [0, 0.05) is 6.54 Å². The number of carbonyl (C=O) groups excluding carboxylic acids is 1. The molecule has 76 valence electrons. The molecule has 0 radical (unpaired) electrons. The van der Waals surface area contributed by atoms with Crippen LogP contribution in [0.5, 0.6) is 0 Å². The Morgan fingerprint density at radius 1 is 1.64 bits per heavy atom. The Morgan fingerprint density at radius 3 is 3.07 bits per heavy atom. The van der Waals surface area contributed by atoms with E-state index in [0.717, 1.165) is 19.4 Å². The third-order valence-corrected chi connectivity index (χ3v) is 2.09. The highest BCUT2D eigenvalue weighted by Gasteiger charge is 2.04. The first-order valence-corrected chi connectivity index (χ1v) is 5.28. The summed E-state index contributed by atoms with van der Waals surface area (Å²) in [5.74, 6) is 0.552. The Kier molecular flexibility index (Phi) is 4.52. The number of aromatic nitrogens is 2. The van der Waals surface area contributed by atoms with Crippen molar-refractivity contribution < 1.29 is 4.79 Å². The van der Waals surface area contributed by atoms with Crippen molar-refractivity contribution in [3.05, 3.63) is 16.5 Å². The summed E-state index contributed by atoms with van der Waals surface area (Å²) in [5, 5.41) is 3.07. The van der Waals surface area contributed by atoms with Gasteiger partial charge in [-0.25, -0.2) is 9.97 Å². The van der Waals surface area contributed by atoms with Crippen LogP contribution in [0.3, 0.4) is 0 Å². The van der Waals surface area contributed by atoms with E-state index >= 15 is 0 Å². The van der Waals surface area contributed by atoms with Gasteiger partial charge in [0.15, 0.2) is 12.1 Å². The van der Waals surface area contributed by atoms with Gasteiger partial charge >= 0.3 is 0 Å². The number of unbranched alkanes of at least 4 members (excludes halogenated alkanes) is 1. The van der Waals surface area contributed by atoms with E-state index in [2.05, 4.69) is 38.1 Å². The number of rotatable bonds is 5. The maximum absolute atomic E-state index is 10.6. The summed E-state index contributed by atoms with van der Waals surface area (Å²) in [4.78, 5) is 18.7. The van der Waals surface area contributed by atoms with Crippen LogP contribution < -0.4 is 5.32 Å². The van der Waals surface area contributed by atoms with Crippen LogP contribution in [-0.2, 0) is 0 Å². The Morgan fingerprint density at radius 2 is 2.43 bits per heavy atom. The molecule has 1 N–H and O–H groups in total. The summed E-state index contributed by atoms with van der Waals surface area (Å²) in [6, 6.07) is 0. The van der Waals surface area contributed by atoms with Gasteiger partial charge in [0.25, 0.3) is 0 Å². The summed E-state index contributed by atoms with van der Waals surface area (Å²) in [7, 11) is 0. The first-order chi connectivity index (χ1) is 6.77. The quantitative estimate of drug-likeness (QED) is 0.650. The molecule has 1 rings (SSSR count). The Hall–Kier alpha value is -0.970. The zero-order chi connectivity index (χ0) is 10.4. The summed E-state index contributed by atoms with van der Waals surface area (Å²) in [6.07, 6.45) is 4.43. The van der Waals surface area contributed by atoms with Crippen molar-refractivity contribution in [1.82, 2.24) is 9.97 Å². The highest BCUT2D eigenvalue weighted by atomic mass is 79.9. The number of aldehydes is 1. The molecule has 4 nitrogen and oxygen atoms in total. The number of nitrogens with one attached hydrogen (secondary N) is 1. The second-order valence-corrected chi connectivity index (χ2v) is 3.64. The normalized spacial score (nSPS) is 9.86. The average Bonchev–Trinajstić information content (AvgIpc) is 2.20. The highest BCUT2D eigenvalue weighted by Crippen LogP contribution is 2.11. The van der Waals surface area contributed by atoms with Gasteiger partial charge in [0.1, 0.15) is 10.3 Å². The predicted molar refractivity (Wildman–Crippen MR) is 58.5 cm³/mol. The number of hydrogen-bond donors (Lipinski definition) is 1. The predicted octanol–water partition coefficient (Wildman–Crippen LogP) is 2.26. The zero-order valence-electron chi connectivity index (χ0n) is 7.96. The van der Waals surface area contributed by atoms with Gasteiger partial charge in [-0.15, -0.1) is 0 Å². The number of carbonyl (C=O) groups is 1. The second-order valence-electron chi connectivity index (χ2n) is 2.82. The highest BCUT2D eigenvalue weighted by molar-refractivity contribution is 9.10. The largest absolute Gasteiger partial charge is 0.368 e. The van der Waals surface area contributed by atoms with Crippen LogP contribution in [0.4, 0.5) is 5.82 Å². The van der Waals surface area contributed by atoms with Crippen molar-refractivity contribution in [2.24, 2.45) is 0 Å². The van der Waals surface area contributed by atoms with Gasteiger partial charge < -0.3 is 5.32 Å². The molecule has 14 heavy (non-hydrogen) atoms. The van der Waals surface area contributed by atoms with Crippen LogP contribution in [0, 0.1) is 0 Å². The molecular formula is C9H12BrN3O. The summed E-state index contributed by atoms with van der Waals surface area (Å²) >= 11 is 3.16. The number of hydrogen-bond acceptors (Lipinski definition) is 4. The van der Waals surface area contributed by atoms with Crippen molar-refractivity contribution in [2.45, 2.75) is 19.8 Å². The molecule has 0 aliphatic carbocycles. The van der Waals surface area contributed by atoms with Crippen molar-refractivity contribution >= 4 is 28.0 Å². The van der Waals surface area contributed by atoms with Gasteiger partial charge in [-0.2, -0.15) is 0 Å². The van der Waals surface area contributed by atoms with E-state index in [-0.39, 0.29) is 0 Å². The summed E-state index contributed by atoms with van der Waals surface area (Å²) < 4.78 is 0.570. The fourth-order valence-electron chi connectivity index (χ4n) is 0.983. The maximum Gasteiger partial charge on any atom is 0.172 e. The van der Waals surface area contributed by atoms with Crippen molar-refractivity contribution in [3.8, 4) is 0 Å². The molecule has 0 spiro atoms. The molecule has 0 aromatic carbocycles. The fourth-order valence-corrected chi connectivity index (χ4v) is 1.28. The van der Waals surface area contributed by atoms with Crippen molar-refractivity contribution in [3.63, 3.8) is 0 Å². The van der Waals surface area contributed by atoms with Crippen LogP contribution in [0.25, 0.3) is 0 Å². The lowest BCUT2D eigenvalue weighted by Crippen LogP contribution is -2.07. The van der Waals surface area contributed by atoms with E-state index in [1.165, 1.54) is 0 Å². The monoisotopic (exact) mass is 257 g/mol. The number of halogens is 1. The van der Waals surface area contributed by atoms with Crippen LogP contribution in [-0.4, -0.2) is 22.8 Å². The van der Waals surface area contributed by atoms with Gasteiger partial charge in [0.05, 0.1) is 6.20 Å². The summed E-state index contributed by atoms with van der Waals surface area (Å²) in [6.45, 7) is 2.92. The maximum atomic E-state index is 10.6. The number of nitrogens with zero attached hydrogens (tertiary/aromatic N) is 2. The number of anilines is 1. The lowest BCUT2D eigenvalue weighted by Gasteiger charge is -2.05. The van der Waals surface area contributed by atoms with Crippen molar-refractivity contribution in [2.75, 3.05) is 11.9 Å². The minimum absolute atomic E-state index is 0.343. The van der Waals surface area contributed by atoms with Crippen LogP contribution in [0.15, 0.2) is 10.8 Å². The standard InChI is InChI=1S/C9H12BrN3O/c1-2-3-4-11-9-7(6-14)13-8(10)5-12-9/h5-6H,2-4H2,1H3,(H,11,12). The molecule has 1 aromatic rings. The van der Waals surface area contributed by atoms with E-state index in [1.54, 1.807) is 6.20 Å². The van der Waals surface area contributed by atoms with Gasteiger partial charge in [0.2, 0.25) is 0 Å². The molecular weight excluding hydrogens is 246 g/mol. The van der Waals surface area contributed by atoms with Crippen LogP contribution in [0.2, 0.25) is 0 Å². The molecule has 0 aliphatic heterocycles. The van der Waals surface area contributed by atoms with E-state index in [4.69, 9.17) is 0 Å². The van der Waals surface area contributed by atoms with E-state index in [1.807, 2.05) is 0 Å². The van der Waals surface area contributed by atoms with Gasteiger partial charge in [-0.3, -0.25) is 4.79 Å². The Bertz CT molecular complexity index is 317. The topological polar surface area (TPSA) is 54.9 Å².